The van der Waals surface area contributed by atoms with E-state index in [0.717, 1.165) is 24.5 Å². The Morgan fingerprint density at radius 1 is 1.04 bits per heavy atom. The molecular formula is C22H34N2O2. The minimum atomic E-state index is 0.131. The molecule has 4 nitrogen and oxygen atoms in total. The Bertz CT molecular complexity index is 593. The highest BCUT2D eigenvalue weighted by Crippen LogP contribution is 2.41. The molecule has 0 saturated heterocycles. The number of carbonyl (C=O) groups excluding carboxylic acids is 1. The van der Waals surface area contributed by atoms with Gasteiger partial charge in [-0.1, -0.05) is 44.2 Å². The van der Waals surface area contributed by atoms with Gasteiger partial charge < -0.3 is 9.42 Å². The topological polar surface area (TPSA) is 46.3 Å². The van der Waals surface area contributed by atoms with E-state index in [9.17, 15) is 4.79 Å². The molecule has 0 spiro atoms. The van der Waals surface area contributed by atoms with E-state index < -0.39 is 0 Å². The van der Waals surface area contributed by atoms with Gasteiger partial charge >= 0.3 is 0 Å². The van der Waals surface area contributed by atoms with Gasteiger partial charge in [-0.25, -0.2) is 0 Å². The number of hydrogen-bond acceptors (Lipinski definition) is 3. The normalized spacial score (nSPS) is 27.4. The van der Waals surface area contributed by atoms with Crippen LogP contribution in [0.3, 0.4) is 0 Å². The fourth-order valence-corrected chi connectivity index (χ4v) is 5.19. The largest absolute Gasteiger partial charge is 0.360 e. The smallest absolute Gasteiger partial charge is 0.276 e. The molecule has 4 heteroatoms. The molecule has 0 bridgehead atoms. The summed E-state index contributed by atoms with van der Waals surface area (Å²) < 4.78 is 5.49. The molecule has 4 rings (SSSR count). The molecule has 0 atom stereocenters. The lowest BCUT2D eigenvalue weighted by Crippen LogP contribution is -2.49. The maximum absolute atomic E-state index is 13.4. The van der Waals surface area contributed by atoms with Gasteiger partial charge in [0.25, 0.3) is 5.91 Å². The first-order valence-corrected chi connectivity index (χ1v) is 11.1. The third-order valence-corrected chi connectivity index (χ3v) is 6.84. The van der Waals surface area contributed by atoms with E-state index in [1.54, 1.807) is 0 Å². The lowest BCUT2D eigenvalue weighted by Gasteiger charge is -2.42. The van der Waals surface area contributed by atoms with Crippen LogP contribution in [0.5, 0.6) is 0 Å². The number of carbonyl (C=O) groups is 1. The number of rotatable bonds is 6. The van der Waals surface area contributed by atoms with Gasteiger partial charge in [0.05, 0.1) is 0 Å². The number of hydrogen-bond donors (Lipinski definition) is 0. The number of amides is 1. The lowest BCUT2D eigenvalue weighted by atomic mass is 9.81. The fourth-order valence-electron chi connectivity index (χ4n) is 5.19. The van der Waals surface area contributed by atoms with E-state index in [4.69, 9.17) is 4.52 Å². The molecule has 3 saturated carbocycles. The molecule has 1 amide bonds. The zero-order valence-corrected chi connectivity index (χ0v) is 16.3. The molecule has 1 aromatic heterocycles. The second-order valence-corrected chi connectivity index (χ2v) is 8.86. The minimum absolute atomic E-state index is 0.131. The summed E-state index contributed by atoms with van der Waals surface area (Å²) in [6.45, 7) is 2.28. The molecule has 0 unspecified atom stereocenters. The molecule has 3 aliphatic rings. The highest BCUT2D eigenvalue weighted by atomic mass is 16.5. The molecule has 0 radical (unpaired) electrons. The Morgan fingerprint density at radius 3 is 2.38 bits per heavy atom. The Hall–Kier alpha value is -1.32. The molecule has 144 valence electrons. The highest BCUT2D eigenvalue weighted by molar-refractivity contribution is 5.92. The van der Waals surface area contributed by atoms with Crippen molar-refractivity contribution in [3.05, 3.63) is 17.5 Å². The Morgan fingerprint density at radius 2 is 1.73 bits per heavy atom. The van der Waals surface area contributed by atoms with Crippen molar-refractivity contribution in [2.24, 2.45) is 5.92 Å². The quantitative estimate of drug-likeness (QED) is 0.656. The SMILES string of the molecule is CCCC1CCC(N(C(=O)c2cc(C3CC3)on2)C2CCCCC2)CC1. The molecule has 0 aliphatic heterocycles. The summed E-state index contributed by atoms with van der Waals surface area (Å²) in [5.74, 6) is 2.43. The molecule has 0 N–H and O–H groups in total. The average molecular weight is 359 g/mol. The molecular weight excluding hydrogens is 324 g/mol. The molecule has 3 fully saturated rings. The standard InChI is InChI=1S/C22H34N2O2/c1-2-6-16-9-13-19(14-10-16)24(18-7-4-3-5-8-18)22(25)20-15-21(26-23-20)17-11-12-17/h15-19H,2-14H2,1H3. The Balaban J connectivity index is 1.49. The summed E-state index contributed by atoms with van der Waals surface area (Å²) in [6.07, 6.45) is 16.0. The summed E-state index contributed by atoms with van der Waals surface area (Å²) in [5, 5.41) is 4.17. The van der Waals surface area contributed by atoms with Crippen LogP contribution in [0, 0.1) is 5.92 Å². The van der Waals surface area contributed by atoms with E-state index in [0.29, 0.717) is 23.7 Å². The summed E-state index contributed by atoms with van der Waals surface area (Å²) in [5.41, 5.74) is 0.549. The van der Waals surface area contributed by atoms with Crippen molar-refractivity contribution in [1.29, 1.82) is 0 Å². The fraction of sp³-hybridized carbons (Fsp3) is 0.818. The van der Waals surface area contributed by atoms with Gasteiger partial charge in [-0.15, -0.1) is 0 Å². The van der Waals surface area contributed by atoms with Crippen LogP contribution in [0.1, 0.15) is 113 Å². The molecule has 3 aliphatic carbocycles. The van der Waals surface area contributed by atoms with E-state index in [1.807, 2.05) is 6.07 Å². The second kappa shape index (κ2) is 8.14. The predicted octanol–water partition coefficient (Wildman–Crippen LogP) is 5.69. The van der Waals surface area contributed by atoms with Crippen LogP contribution in [0.15, 0.2) is 10.6 Å². The summed E-state index contributed by atoms with van der Waals surface area (Å²) in [4.78, 5) is 15.7. The van der Waals surface area contributed by atoms with Gasteiger partial charge in [0, 0.05) is 24.1 Å². The van der Waals surface area contributed by atoms with E-state index >= 15 is 0 Å². The van der Waals surface area contributed by atoms with Gasteiger partial charge in [0.1, 0.15) is 5.76 Å². The van der Waals surface area contributed by atoms with Crippen molar-refractivity contribution in [3.63, 3.8) is 0 Å². The van der Waals surface area contributed by atoms with Crippen LogP contribution in [0.4, 0.5) is 0 Å². The van der Waals surface area contributed by atoms with E-state index in [-0.39, 0.29) is 5.91 Å². The van der Waals surface area contributed by atoms with Crippen LogP contribution in [-0.4, -0.2) is 28.0 Å². The maximum Gasteiger partial charge on any atom is 0.276 e. The highest BCUT2D eigenvalue weighted by Gasteiger charge is 2.36. The average Bonchev–Trinajstić information content (AvgIpc) is 3.41. The van der Waals surface area contributed by atoms with Gasteiger partial charge in [0.2, 0.25) is 0 Å². The van der Waals surface area contributed by atoms with Crippen LogP contribution in [-0.2, 0) is 0 Å². The Labute approximate surface area is 157 Å². The van der Waals surface area contributed by atoms with Crippen LogP contribution in [0.2, 0.25) is 0 Å². The zero-order valence-electron chi connectivity index (χ0n) is 16.3. The Kier molecular flexibility index (Phi) is 5.66. The van der Waals surface area contributed by atoms with Gasteiger partial charge in [0.15, 0.2) is 5.69 Å². The summed E-state index contributed by atoms with van der Waals surface area (Å²) >= 11 is 0. The predicted molar refractivity (Wildman–Crippen MR) is 102 cm³/mol. The molecule has 1 heterocycles. The van der Waals surface area contributed by atoms with Gasteiger partial charge in [-0.3, -0.25) is 4.79 Å². The van der Waals surface area contributed by atoms with Gasteiger partial charge in [-0.2, -0.15) is 0 Å². The third kappa shape index (κ3) is 3.99. The zero-order chi connectivity index (χ0) is 17.9. The first-order valence-electron chi connectivity index (χ1n) is 11.1. The summed E-state index contributed by atoms with van der Waals surface area (Å²) in [6, 6.07) is 2.74. The third-order valence-electron chi connectivity index (χ3n) is 6.84. The van der Waals surface area contributed by atoms with Crippen molar-refractivity contribution < 1.29 is 9.32 Å². The molecule has 0 aromatic carbocycles. The van der Waals surface area contributed by atoms with Crippen molar-refractivity contribution in [3.8, 4) is 0 Å². The van der Waals surface area contributed by atoms with E-state index in [2.05, 4.69) is 17.0 Å². The van der Waals surface area contributed by atoms with Crippen molar-refractivity contribution >= 4 is 5.91 Å². The first kappa shape index (κ1) is 18.1. The van der Waals surface area contributed by atoms with Crippen LogP contribution in [0.25, 0.3) is 0 Å². The van der Waals surface area contributed by atoms with Crippen molar-refractivity contribution in [2.75, 3.05) is 0 Å². The van der Waals surface area contributed by atoms with Crippen LogP contribution >= 0.6 is 0 Å². The first-order chi connectivity index (χ1) is 12.8. The maximum atomic E-state index is 13.4. The van der Waals surface area contributed by atoms with Gasteiger partial charge in [-0.05, 0) is 57.3 Å². The number of nitrogens with zero attached hydrogens (tertiary/aromatic N) is 2. The van der Waals surface area contributed by atoms with Crippen LogP contribution < -0.4 is 0 Å². The second-order valence-electron chi connectivity index (χ2n) is 8.86. The number of aromatic nitrogens is 1. The summed E-state index contributed by atoms with van der Waals surface area (Å²) in [7, 11) is 0. The molecule has 26 heavy (non-hydrogen) atoms. The van der Waals surface area contributed by atoms with Crippen molar-refractivity contribution in [1.82, 2.24) is 10.1 Å². The molecule has 1 aromatic rings. The van der Waals surface area contributed by atoms with E-state index in [1.165, 1.54) is 70.6 Å². The minimum Gasteiger partial charge on any atom is -0.360 e. The van der Waals surface area contributed by atoms with Crippen molar-refractivity contribution in [2.45, 2.75) is 108 Å². The lowest BCUT2D eigenvalue weighted by molar-refractivity contribution is 0.0403. The monoisotopic (exact) mass is 358 g/mol.